The summed E-state index contributed by atoms with van der Waals surface area (Å²) < 4.78 is 13.7. The molecule has 4 aliphatic carbocycles. The van der Waals surface area contributed by atoms with Gasteiger partial charge in [0.15, 0.2) is 0 Å². The van der Waals surface area contributed by atoms with Gasteiger partial charge in [-0.1, -0.05) is 12.1 Å². The minimum absolute atomic E-state index is 0.105. The van der Waals surface area contributed by atoms with Crippen LogP contribution in [0.2, 0.25) is 0 Å². The van der Waals surface area contributed by atoms with Crippen molar-refractivity contribution in [2.45, 2.75) is 38.1 Å². The molecule has 1 aromatic carbocycles. The summed E-state index contributed by atoms with van der Waals surface area (Å²) in [5.41, 5.74) is 0.704. The second-order valence-corrected chi connectivity index (χ2v) is 6.58. The minimum Gasteiger partial charge on any atom is -0.379 e. The molecule has 0 unspecified atom stereocenters. The first kappa shape index (κ1) is 10.8. The van der Waals surface area contributed by atoms with Gasteiger partial charge in [-0.05, 0) is 67.9 Å². The van der Waals surface area contributed by atoms with Crippen LogP contribution < -0.4 is 5.32 Å². The fraction of sp³-hybridized carbons (Fsp3) is 0.625. The standard InChI is InChI=1S/C16H20FN/c17-14-3-1-2-4-15(14)18-16-12-6-10-5-11(8-12)9-13(16)7-10/h1-4,10-13,16,18H,5-9H2. The van der Waals surface area contributed by atoms with E-state index in [1.165, 1.54) is 32.1 Å². The Morgan fingerprint density at radius 3 is 2.11 bits per heavy atom. The molecule has 1 nitrogen and oxygen atoms in total. The number of nitrogens with one attached hydrogen (secondary N) is 1. The Labute approximate surface area is 108 Å². The monoisotopic (exact) mass is 245 g/mol. The average Bonchev–Trinajstić information content (AvgIpc) is 2.35. The van der Waals surface area contributed by atoms with E-state index in [0.717, 1.165) is 23.7 Å². The number of hydrogen-bond donors (Lipinski definition) is 1. The summed E-state index contributed by atoms with van der Waals surface area (Å²) in [7, 11) is 0. The Bertz CT molecular complexity index is 428. The van der Waals surface area contributed by atoms with E-state index in [0.29, 0.717) is 11.7 Å². The summed E-state index contributed by atoms with van der Waals surface area (Å²) in [5.74, 6) is 3.44. The van der Waals surface area contributed by atoms with Gasteiger partial charge in [0.05, 0.1) is 5.69 Å². The second kappa shape index (κ2) is 3.97. The Hall–Kier alpha value is -1.05. The molecular formula is C16H20FN. The van der Waals surface area contributed by atoms with Crippen LogP contribution >= 0.6 is 0 Å². The zero-order valence-corrected chi connectivity index (χ0v) is 10.6. The van der Waals surface area contributed by atoms with Gasteiger partial charge in [-0.2, -0.15) is 0 Å². The third-order valence-corrected chi connectivity index (χ3v) is 5.42. The molecule has 0 spiro atoms. The second-order valence-electron chi connectivity index (χ2n) is 6.58. The van der Waals surface area contributed by atoms with Crippen molar-refractivity contribution in [3.8, 4) is 0 Å². The summed E-state index contributed by atoms with van der Waals surface area (Å²) in [4.78, 5) is 0. The summed E-state index contributed by atoms with van der Waals surface area (Å²) >= 11 is 0. The third-order valence-electron chi connectivity index (χ3n) is 5.42. The number of para-hydroxylation sites is 1. The molecule has 0 radical (unpaired) electrons. The van der Waals surface area contributed by atoms with Crippen molar-refractivity contribution in [3.63, 3.8) is 0 Å². The van der Waals surface area contributed by atoms with Crippen LogP contribution in [0, 0.1) is 29.5 Å². The van der Waals surface area contributed by atoms with E-state index in [9.17, 15) is 4.39 Å². The van der Waals surface area contributed by atoms with Crippen molar-refractivity contribution in [3.05, 3.63) is 30.1 Å². The summed E-state index contributed by atoms with van der Waals surface area (Å²) in [6, 6.07) is 7.63. The van der Waals surface area contributed by atoms with E-state index >= 15 is 0 Å². The number of rotatable bonds is 2. The van der Waals surface area contributed by atoms with Gasteiger partial charge in [0.2, 0.25) is 0 Å². The molecule has 5 rings (SSSR count). The number of anilines is 1. The summed E-state index contributed by atoms with van der Waals surface area (Å²) in [6.45, 7) is 0. The Morgan fingerprint density at radius 2 is 1.50 bits per heavy atom. The summed E-state index contributed by atoms with van der Waals surface area (Å²) in [6.07, 6.45) is 6.97. The molecule has 4 fully saturated rings. The topological polar surface area (TPSA) is 12.0 Å². The van der Waals surface area contributed by atoms with Crippen LogP contribution in [-0.4, -0.2) is 6.04 Å². The van der Waals surface area contributed by atoms with Crippen LogP contribution in [0.4, 0.5) is 10.1 Å². The highest BCUT2D eigenvalue weighted by molar-refractivity contribution is 5.45. The smallest absolute Gasteiger partial charge is 0.146 e. The lowest BCUT2D eigenvalue weighted by molar-refractivity contribution is 0.00744. The quantitative estimate of drug-likeness (QED) is 0.828. The normalized spacial score (nSPS) is 41.1. The van der Waals surface area contributed by atoms with E-state index in [2.05, 4.69) is 5.32 Å². The minimum atomic E-state index is -0.105. The fourth-order valence-electron chi connectivity index (χ4n) is 4.92. The lowest BCUT2D eigenvalue weighted by Crippen LogP contribution is -2.51. The molecule has 4 saturated carbocycles. The van der Waals surface area contributed by atoms with E-state index in [-0.39, 0.29) is 5.82 Å². The maximum absolute atomic E-state index is 13.7. The van der Waals surface area contributed by atoms with Crippen LogP contribution in [0.3, 0.4) is 0 Å². The van der Waals surface area contributed by atoms with Crippen LogP contribution in [0.15, 0.2) is 24.3 Å². The van der Waals surface area contributed by atoms with Crippen molar-refractivity contribution in [2.24, 2.45) is 23.7 Å². The van der Waals surface area contributed by atoms with Crippen LogP contribution in [-0.2, 0) is 0 Å². The SMILES string of the molecule is Fc1ccccc1NC1C2CC3CC(C2)CC1C3. The molecule has 0 heterocycles. The lowest BCUT2D eigenvalue weighted by atomic mass is 9.54. The molecule has 0 amide bonds. The van der Waals surface area contributed by atoms with Crippen LogP contribution in [0.1, 0.15) is 32.1 Å². The maximum Gasteiger partial charge on any atom is 0.146 e. The van der Waals surface area contributed by atoms with Crippen molar-refractivity contribution in [2.75, 3.05) is 5.32 Å². The molecule has 4 bridgehead atoms. The highest BCUT2D eigenvalue weighted by Crippen LogP contribution is 2.54. The van der Waals surface area contributed by atoms with E-state index < -0.39 is 0 Å². The van der Waals surface area contributed by atoms with Gasteiger partial charge in [0, 0.05) is 6.04 Å². The molecule has 0 aromatic heterocycles. The van der Waals surface area contributed by atoms with Crippen molar-refractivity contribution < 1.29 is 4.39 Å². The number of hydrogen-bond acceptors (Lipinski definition) is 1. The molecule has 18 heavy (non-hydrogen) atoms. The molecule has 96 valence electrons. The largest absolute Gasteiger partial charge is 0.379 e. The molecule has 1 N–H and O–H groups in total. The molecule has 0 saturated heterocycles. The van der Waals surface area contributed by atoms with Crippen molar-refractivity contribution in [1.29, 1.82) is 0 Å². The molecule has 4 aliphatic rings. The lowest BCUT2D eigenvalue weighted by Gasteiger charge is -2.54. The van der Waals surface area contributed by atoms with Gasteiger partial charge >= 0.3 is 0 Å². The van der Waals surface area contributed by atoms with Crippen LogP contribution in [0.25, 0.3) is 0 Å². The van der Waals surface area contributed by atoms with Crippen molar-refractivity contribution >= 4 is 5.69 Å². The molecular weight excluding hydrogens is 225 g/mol. The van der Waals surface area contributed by atoms with E-state index in [1.54, 1.807) is 12.1 Å². The van der Waals surface area contributed by atoms with Gasteiger partial charge in [-0.15, -0.1) is 0 Å². The molecule has 2 heteroatoms. The Morgan fingerprint density at radius 1 is 0.889 bits per heavy atom. The first-order valence-corrected chi connectivity index (χ1v) is 7.30. The van der Waals surface area contributed by atoms with Gasteiger partial charge < -0.3 is 5.32 Å². The Kier molecular flexibility index (Phi) is 2.39. The fourth-order valence-corrected chi connectivity index (χ4v) is 4.92. The van der Waals surface area contributed by atoms with E-state index in [4.69, 9.17) is 0 Å². The van der Waals surface area contributed by atoms with Gasteiger partial charge in [-0.25, -0.2) is 4.39 Å². The predicted octanol–water partition coefficient (Wildman–Crippen LogP) is 4.06. The number of benzene rings is 1. The zero-order valence-electron chi connectivity index (χ0n) is 10.6. The summed E-state index contributed by atoms with van der Waals surface area (Å²) in [5, 5.41) is 3.52. The molecule has 0 atom stereocenters. The maximum atomic E-state index is 13.7. The molecule has 0 aliphatic heterocycles. The zero-order chi connectivity index (χ0) is 12.1. The van der Waals surface area contributed by atoms with Gasteiger partial charge in [-0.3, -0.25) is 0 Å². The van der Waals surface area contributed by atoms with Crippen molar-refractivity contribution in [1.82, 2.24) is 0 Å². The average molecular weight is 245 g/mol. The van der Waals surface area contributed by atoms with Crippen LogP contribution in [0.5, 0.6) is 0 Å². The Balaban J connectivity index is 1.57. The van der Waals surface area contributed by atoms with E-state index in [1.807, 2.05) is 12.1 Å². The highest BCUT2D eigenvalue weighted by Gasteiger charge is 2.48. The predicted molar refractivity (Wildman–Crippen MR) is 70.9 cm³/mol. The third kappa shape index (κ3) is 1.65. The van der Waals surface area contributed by atoms with Gasteiger partial charge in [0.1, 0.15) is 5.82 Å². The molecule has 1 aromatic rings. The first-order valence-electron chi connectivity index (χ1n) is 7.30. The first-order chi connectivity index (χ1) is 8.79. The number of halogens is 1. The highest BCUT2D eigenvalue weighted by atomic mass is 19.1. The van der Waals surface area contributed by atoms with Gasteiger partial charge in [0.25, 0.3) is 0 Å².